The number of fused-ring (bicyclic) bond motifs is 2. The van der Waals surface area contributed by atoms with Crippen molar-refractivity contribution in [3.8, 4) is 0 Å². The van der Waals surface area contributed by atoms with Gasteiger partial charge in [0.05, 0.1) is 17.1 Å². The van der Waals surface area contributed by atoms with Crippen molar-refractivity contribution in [1.82, 2.24) is 24.8 Å². The van der Waals surface area contributed by atoms with Crippen LogP contribution in [0.1, 0.15) is 42.6 Å². The number of anilines is 1. The third kappa shape index (κ3) is 3.05. The highest BCUT2D eigenvalue weighted by molar-refractivity contribution is 6.30. The SMILES string of the molecule is C[C@H]1Cc2ncnc(C3CCCN(C)C3)c2CN1c1cc(Cl)nc2[nH]ccc12. The molecule has 5 heterocycles. The van der Waals surface area contributed by atoms with Crippen molar-refractivity contribution in [3.63, 3.8) is 0 Å². The summed E-state index contributed by atoms with van der Waals surface area (Å²) < 4.78 is 0. The van der Waals surface area contributed by atoms with Gasteiger partial charge in [-0.1, -0.05) is 11.6 Å². The Morgan fingerprint density at radius 3 is 3.04 bits per heavy atom. The van der Waals surface area contributed by atoms with Gasteiger partial charge in [-0.3, -0.25) is 0 Å². The van der Waals surface area contributed by atoms with Crippen LogP contribution in [-0.2, 0) is 13.0 Å². The Balaban J connectivity index is 1.56. The van der Waals surface area contributed by atoms with Crippen molar-refractivity contribution in [3.05, 3.63) is 46.8 Å². The second-order valence-electron chi connectivity index (χ2n) is 8.17. The lowest BCUT2D eigenvalue weighted by molar-refractivity contribution is 0.247. The molecule has 3 aromatic heterocycles. The first-order valence-corrected chi connectivity index (χ1v) is 10.4. The molecule has 1 fully saturated rings. The van der Waals surface area contributed by atoms with E-state index in [1.54, 1.807) is 6.33 Å². The molecular weight excluding hydrogens is 372 g/mol. The molecule has 7 heteroatoms. The van der Waals surface area contributed by atoms with Gasteiger partial charge < -0.3 is 14.8 Å². The third-order valence-corrected chi connectivity index (χ3v) is 6.41. The summed E-state index contributed by atoms with van der Waals surface area (Å²) in [5.41, 5.74) is 5.70. The van der Waals surface area contributed by atoms with E-state index in [1.165, 1.54) is 36.3 Å². The monoisotopic (exact) mass is 396 g/mol. The summed E-state index contributed by atoms with van der Waals surface area (Å²) in [5, 5.41) is 1.62. The molecule has 1 unspecified atom stereocenters. The maximum absolute atomic E-state index is 6.33. The highest BCUT2D eigenvalue weighted by Gasteiger charge is 2.31. The molecule has 0 radical (unpaired) electrons. The van der Waals surface area contributed by atoms with Gasteiger partial charge in [-0.05, 0) is 45.5 Å². The average molecular weight is 397 g/mol. The van der Waals surface area contributed by atoms with Gasteiger partial charge in [0, 0.05) is 48.6 Å². The Hall–Kier alpha value is -2.18. The summed E-state index contributed by atoms with van der Waals surface area (Å²) in [6.07, 6.45) is 7.03. The molecule has 0 aliphatic carbocycles. The van der Waals surface area contributed by atoms with Crippen LogP contribution in [0.4, 0.5) is 5.69 Å². The predicted octanol–water partition coefficient (Wildman–Crippen LogP) is 3.77. The van der Waals surface area contributed by atoms with Gasteiger partial charge in [-0.2, -0.15) is 0 Å². The number of likely N-dealkylation sites (tertiary alicyclic amines) is 1. The molecule has 28 heavy (non-hydrogen) atoms. The summed E-state index contributed by atoms with van der Waals surface area (Å²) in [7, 11) is 2.20. The maximum Gasteiger partial charge on any atom is 0.141 e. The van der Waals surface area contributed by atoms with E-state index in [0.717, 1.165) is 36.2 Å². The summed E-state index contributed by atoms with van der Waals surface area (Å²) >= 11 is 6.33. The van der Waals surface area contributed by atoms with E-state index in [1.807, 2.05) is 12.3 Å². The van der Waals surface area contributed by atoms with Crippen LogP contribution in [0.2, 0.25) is 5.15 Å². The number of rotatable bonds is 2. The maximum atomic E-state index is 6.33. The Morgan fingerprint density at radius 2 is 2.18 bits per heavy atom. The summed E-state index contributed by atoms with van der Waals surface area (Å²) in [6.45, 7) is 5.31. The molecule has 5 rings (SSSR count). The lowest BCUT2D eigenvalue weighted by Gasteiger charge is -2.38. The average Bonchev–Trinajstić information content (AvgIpc) is 3.14. The van der Waals surface area contributed by atoms with Crippen LogP contribution in [-0.4, -0.2) is 51.0 Å². The minimum Gasteiger partial charge on any atom is -0.363 e. The molecule has 0 spiro atoms. The van der Waals surface area contributed by atoms with Gasteiger partial charge in [-0.15, -0.1) is 0 Å². The van der Waals surface area contributed by atoms with E-state index in [2.05, 4.69) is 44.8 Å². The van der Waals surface area contributed by atoms with Crippen molar-refractivity contribution in [1.29, 1.82) is 0 Å². The molecule has 0 bridgehead atoms. The molecule has 0 amide bonds. The fourth-order valence-corrected chi connectivity index (χ4v) is 5.01. The number of likely N-dealkylation sites (N-methyl/N-ethyl adjacent to an activating group) is 1. The van der Waals surface area contributed by atoms with Gasteiger partial charge in [-0.25, -0.2) is 15.0 Å². The number of hydrogen-bond acceptors (Lipinski definition) is 5. The standard InChI is InChI=1S/C21H25ClN6/c1-13-8-17-16(20(25-12-24-17)14-4-3-7-27(2)10-14)11-28(13)18-9-19(22)26-21-15(18)5-6-23-21/h5-6,9,12-14H,3-4,7-8,10-11H2,1-2H3,(H,23,26)/t13-,14?/m0/s1. The van der Waals surface area contributed by atoms with E-state index in [9.17, 15) is 0 Å². The number of nitrogens with zero attached hydrogens (tertiary/aromatic N) is 5. The van der Waals surface area contributed by atoms with Crippen LogP contribution >= 0.6 is 11.6 Å². The molecule has 2 aliphatic rings. The Morgan fingerprint density at radius 1 is 1.29 bits per heavy atom. The number of halogens is 1. The van der Waals surface area contributed by atoms with Crippen molar-refractivity contribution < 1.29 is 0 Å². The molecule has 0 saturated carbocycles. The minimum absolute atomic E-state index is 0.334. The smallest absolute Gasteiger partial charge is 0.141 e. The summed E-state index contributed by atoms with van der Waals surface area (Å²) in [5.74, 6) is 0.485. The first-order chi connectivity index (χ1) is 13.6. The van der Waals surface area contributed by atoms with Crippen molar-refractivity contribution in [2.45, 2.75) is 44.7 Å². The van der Waals surface area contributed by atoms with Gasteiger partial charge >= 0.3 is 0 Å². The third-order valence-electron chi connectivity index (χ3n) is 6.21. The van der Waals surface area contributed by atoms with Crippen LogP contribution in [0.3, 0.4) is 0 Å². The number of nitrogens with one attached hydrogen (secondary N) is 1. The minimum atomic E-state index is 0.334. The van der Waals surface area contributed by atoms with E-state index < -0.39 is 0 Å². The van der Waals surface area contributed by atoms with E-state index >= 15 is 0 Å². The number of hydrogen-bond donors (Lipinski definition) is 1. The zero-order valence-corrected chi connectivity index (χ0v) is 17.1. The number of H-pyrrole nitrogens is 1. The zero-order valence-electron chi connectivity index (χ0n) is 16.3. The van der Waals surface area contributed by atoms with Crippen molar-refractivity contribution in [2.24, 2.45) is 0 Å². The number of aromatic nitrogens is 4. The Kier molecular flexibility index (Phi) is 4.48. The number of pyridine rings is 1. The fourth-order valence-electron chi connectivity index (χ4n) is 4.82. The second-order valence-corrected chi connectivity index (χ2v) is 8.56. The molecule has 146 valence electrons. The van der Waals surface area contributed by atoms with E-state index in [-0.39, 0.29) is 0 Å². The molecule has 2 aliphatic heterocycles. The van der Waals surface area contributed by atoms with Gasteiger partial charge in [0.1, 0.15) is 17.1 Å². The molecule has 1 saturated heterocycles. The summed E-state index contributed by atoms with van der Waals surface area (Å²) in [6, 6.07) is 4.40. The number of piperidine rings is 1. The van der Waals surface area contributed by atoms with Crippen molar-refractivity contribution in [2.75, 3.05) is 25.0 Å². The lowest BCUT2D eigenvalue weighted by Crippen LogP contribution is -2.40. The van der Waals surface area contributed by atoms with Gasteiger partial charge in [0.25, 0.3) is 0 Å². The Bertz CT molecular complexity index is 1020. The van der Waals surface area contributed by atoms with E-state index in [4.69, 9.17) is 16.6 Å². The van der Waals surface area contributed by atoms with Crippen LogP contribution in [0.5, 0.6) is 0 Å². The molecule has 0 aromatic carbocycles. The van der Waals surface area contributed by atoms with Crippen LogP contribution in [0, 0.1) is 0 Å². The topological polar surface area (TPSA) is 60.9 Å². The van der Waals surface area contributed by atoms with Crippen LogP contribution in [0.15, 0.2) is 24.7 Å². The van der Waals surface area contributed by atoms with Gasteiger partial charge in [0.2, 0.25) is 0 Å². The molecule has 2 atom stereocenters. The lowest BCUT2D eigenvalue weighted by atomic mass is 9.88. The molecule has 1 N–H and O–H groups in total. The quantitative estimate of drug-likeness (QED) is 0.668. The first-order valence-electron chi connectivity index (χ1n) is 10.0. The zero-order chi connectivity index (χ0) is 19.3. The van der Waals surface area contributed by atoms with Gasteiger partial charge in [0.15, 0.2) is 0 Å². The molecule has 3 aromatic rings. The molecular formula is C21H25ClN6. The highest BCUT2D eigenvalue weighted by atomic mass is 35.5. The van der Waals surface area contributed by atoms with Crippen molar-refractivity contribution >= 4 is 28.3 Å². The molecule has 6 nitrogen and oxygen atoms in total. The summed E-state index contributed by atoms with van der Waals surface area (Å²) in [4.78, 5) is 21.9. The fraction of sp³-hybridized carbons (Fsp3) is 0.476. The van der Waals surface area contributed by atoms with Crippen LogP contribution in [0.25, 0.3) is 11.0 Å². The van der Waals surface area contributed by atoms with Crippen LogP contribution < -0.4 is 4.90 Å². The first kappa shape index (κ1) is 17.9. The van der Waals surface area contributed by atoms with E-state index in [0.29, 0.717) is 17.1 Å². The normalized spacial score (nSPS) is 23.2. The number of aromatic amines is 1. The Labute approximate surface area is 169 Å². The predicted molar refractivity (Wildman–Crippen MR) is 112 cm³/mol. The largest absolute Gasteiger partial charge is 0.363 e. The second kappa shape index (κ2) is 7.01. The highest BCUT2D eigenvalue weighted by Crippen LogP contribution is 2.37.